The van der Waals surface area contributed by atoms with Crippen LogP contribution < -0.4 is 4.74 Å². The molecule has 1 fully saturated rings. The van der Waals surface area contributed by atoms with E-state index in [0.717, 1.165) is 0 Å². The van der Waals surface area contributed by atoms with Crippen LogP contribution >= 0.6 is 11.6 Å². The molecule has 1 saturated heterocycles. The van der Waals surface area contributed by atoms with Crippen LogP contribution in [-0.2, 0) is 4.79 Å². The molecule has 130 valence electrons. The van der Waals surface area contributed by atoms with Crippen molar-refractivity contribution in [3.05, 3.63) is 59.4 Å². The fourth-order valence-corrected chi connectivity index (χ4v) is 2.81. The average molecular weight is 360 g/mol. The number of amides is 2. The molecule has 2 heterocycles. The maximum Gasteiger partial charge on any atom is 0.260 e. The van der Waals surface area contributed by atoms with Gasteiger partial charge in [0, 0.05) is 38.6 Å². The highest BCUT2D eigenvalue weighted by Crippen LogP contribution is 2.23. The van der Waals surface area contributed by atoms with Crippen molar-refractivity contribution in [2.45, 2.75) is 0 Å². The summed E-state index contributed by atoms with van der Waals surface area (Å²) in [5, 5.41) is 0.474. The molecule has 1 aromatic carbocycles. The van der Waals surface area contributed by atoms with Gasteiger partial charge in [0.15, 0.2) is 6.61 Å². The molecule has 3 rings (SSSR count). The van der Waals surface area contributed by atoms with E-state index in [-0.39, 0.29) is 18.4 Å². The number of hydrogen-bond donors (Lipinski definition) is 0. The van der Waals surface area contributed by atoms with Crippen LogP contribution in [0.5, 0.6) is 5.75 Å². The SMILES string of the molecule is O=C(COc1ccccc1Cl)N1CCN(C(=O)c2cccnc2)CC1. The Bertz CT molecular complexity index is 746. The summed E-state index contributed by atoms with van der Waals surface area (Å²) in [6, 6.07) is 10.5. The number of hydrogen-bond acceptors (Lipinski definition) is 4. The lowest BCUT2D eigenvalue weighted by atomic mass is 10.2. The number of nitrogens with zero attached hydrogens (tertiary/aromatic N) is 3. The molecule has 0 radical (unpaired) electrons. The van der Waals surface area contributed by atoms with Crippen molar-refractivity contribution in [2.24, 2.45) is 0 Å². The first-order chi connectivity index (χ1) is 12.1. The van der Waals surface area contributed by atoms with E-state index in [1.54, 1.807) is 58.6 Å². The number of carbonyl (C=O) groups is 2. The monoisotopic (exact) mass is 359 g/mol. The number of ether oxygens (including phenoxy) is 1. The molecule has 0 saturated carbocycles. The number of benzene rings is 1. The Kier molecular flexibility index (Phi) is 5.50. The van der Waals surface area contributed by atoms with Gasteiger partial charge in [-0.2, -0.15) is 0 Å². The van der Waals surface area contributed by atoms with Crippen molar-refractivity contribution < 1.29 is 14.3 Å². The minimum absolute atomic E-state index is 0.0625. The molecule has 0 spiro atoms. The van der Waals surface area contributed by atoms with Crippen molar-refractivity contribution in [1.29, 1.82) is 0 Å². The summed E-state index contributed by atoms with van der Waals surface area (Å²) in [6.07, 6.45) is 3.18. The Morgan fingerprint density at radius 2 is 1.76 bits per heavy atom. The maximum absolute atomic E-state index is 12.4. The second-order valence-electron chi connectivity index (χ2n) is 5.63. The van der Waals surface area contributed by atoms with Crippen LogP contribution in [0.1, 0.15) is 10.4 Å². The molecule has 0 bridgehead atoms. The van der Waals surface area contributed by atoms with Crippen molar-refractivity contribution in [3.8, 4) is 5.75 Å². The molecule has 0 N–H and O–H groups in total. The van der Waals surface area contributed by atoms with Gasteiger partial charge in [-0.3, -0.25) is 14.6 Å². The minimum atomic E-state index is -0.117. The molecule has 0 atom stereocenters. The van der Waals surface area contributed by atoms with Crippen LogP contribution in [0.2, 0.25) is 5.02 Å². The largest absolute Gasteiger partial charge is 0.482 e. The molecule has 1 aliphatic heterocycles. The third-order valence-corrected chi connectivity index (χ3v) is 4.33. The molecular formula is C18H18ClN3O3. The lowest BCUT2D eigenvalue weighted by Crippen LogP contribution is -2.51. The molecule has 2 amide bonds. The van der Waals surface area contributed by atoms with E-state index in [1.807, 2.05) is 0 Å². The van der Waals surface area contributed by atoms with Crippen LogP contribution in [0.4, 0.5) is 0 Å². The van der Waals surface area contributed by atoms with Gasteiger partial charge in [-0.1, -0.05) is 23.7 Å². The van der Waals surface area contributed by atoms with Gasteiger partial charge in [0.25, 0.3) is 11.8 Å². The molecule has 0 unspecified atom stereocenters. The zero-order valence-electron chi connectivity index (χ0n) is 13.6. The second kappa shape index (κ2) is 7.98. The summed E-state index contributed by atoms with van der Waals surface area (Å²) in [5.74, 6) is 0.309. The average Bonchev–Trinajstić information content (AvgIpc) is 2.67. The number of para-hydroxylation sites is 1. The zero-order valence-corrected chi connectivity index (χ0v) is 14.4. The Morgan fingerprint density at radius 1 is 1.04 bits per heavy atom. The Balaban J connectivity index is 1.49. The molecule has 1 aromatic heterocycles. The summed E-state index contributed by atoms with van der Waals surface area (Å²) in [4.78, 5) is 32.0. The maximum atomic E-state index is 12.4. The van der Waals surface area contributed by atoms with Gasteiger partial charge in [0.05, 0.1) is 10.6 Å². The van der Waals surface area contributed by atoms with Gasteiger partial charge >= 0.3 is 0 Å². The first-order valence-electron chi connectivity index (χ1n) is 7.99. The lowest BCUT2D eigenvalue weighted by Gasteiger charge is -2.34. The summed E-state index contributed by atoms with van der Waals surface area (Å²) in [5.41, 5.74) is 0.560. The van der Waals surface area contributed by atoms with Crippen LogP contribution in [0, 0.1) is 0 Å². The third-order valence-electron chi connectivity index (χ3n) is 4.02. The standard InChI is InChI=1S/C18H18ClN3O3/c19-15-5-1-2-6-16(15)25-13-17(23)21-8-10-22(11-9-21)18(24)14-4-3-7-20-12-14/h1-7,12H,8-11,13H2. The highest BCUT2D eigenvalue weighted by molar-refractivity contribution is 6.32. The molecule has 25 heavy (non-hydrogen) atoms. The molecule has 2 aromatic rings. The van der Waals surface area contributed by atoms with Crippen LogP contribution in [0.15, 0.2) is 48.8 Å². The Morgan fingerprint density at radius 3 is 2.44 bits per heavy atom. The van der Waals surface area contributed by atoms with E-state index < -0.39 is 0 Å². The first-order valence-corrected chi connectivity index (χ1v) is 8.37. The topological polar surface area (TPSA) is 62.7 Å². The molecular weight excluding hydrogens is 342 g/mol. The number of pyridine rings is 1. The number of piperazine rings is 1. The molecule has 6 nitrogen and oxygen atoms in total. The number of carbonyl (C=O) groups excluding carboxylic acids is 2. The van der Waals surface area contributed by atoms with Gasteiger partial charge in [0.1, 0.15) is 5.75 Å². The van der Waals surface area contributed by atoms with Gasteiger partial charge in [-0.25, -0.2) is 0 Å². The van der Waals surface area contributed by atoms with Gasteiger partial charge < -0.3 is 14.5 Å². The molecule has 0 aliphatic carbocycles. The summed E-state index contributed by atoms with van der Waals surface area (Å²) < 4.78 is 5.48. The van der Waals surface area contributed by atoms with Crippen LogP contribution in [0.25, 0.3) is 0 Å². The second-order valence-corrected chi connectivity index (χ2v) is 6.04. The minimum Gasteiger partial charge on any atom is -0.482 e. The van der Waals surface area contributed by atoms with E-state index in [9.17, 15) is 9.59 Å². The highest BCUT2D eigenvalue weighted by atomic mass is 35.5. The van der Waals surface area contributed by atoms with Crippen molar-refractivity contribution in [3.63, 3.8) is 0 Å². The number of aromatic nitrogens is 1. The van der Waals surface area contributed by atoms with E-state index in [4.69, 9.17) is 16.3 Å². The fourth-order valence-electron chi connectivity index (χ4n) is 2.62. The number of rotatable bonds is 4. The lowest BCUT2D eigenvalue weighted by molar-refractivity contribution is -0.134. The normalized spacial score (nSPS) is 14.3. The Labute approximate surface area is 151 Å². The van der Waals surface area contributed by atoms with E-state index in [1.165, 1.54) is 0 Å². The summed E-state index contributed by atoms with van der Waals surface area (Å²) in [7, 11) is 0. The van der Waals surface area contributed by atoms with Crippen molar-refractivity contribution in [2.75, 3.05) is 32.8 Å². The highest BCUT2D eigenvalue weighted by Gasteiger charge is 2.25. The summed E-state index contributed by atoms with van der Waals surface area (Å²) in [6.45, 7) is 1.88. The first kappa shape index (κ1) is 17.2. The predicted molar refractivity (Wildman–Crippen MR) is 93.7 cm³/mol. The molecule has 1 aliphatic rings. The summed E-state index contributed by atoms with van der Waals surface area (Å²) >= 11 is 6.01. The Hall–Kier alpha value is -2.60. The quantitative estimate of drug-likeness (QED) is 0.838. The van der Waals surface area contributed by atoms with Gasteiger partial charge in [-0.05, 0) is 24.3 Å². The van der Waals surface area contributed by atoms with Gasteiger partial charge in [0.2, 0.25) is 0 Å². The zero-order chi connectivity index (χ0) is 17.6. The van der Waals surface area contributed by atoms with Crippen molar-refractivity contribution >= 4 is 23.4 Å². The number of halogens is 1. The molecule has 7 heteroatoms. The third kappa shape index (κ3) is 4.28. The van der Waals surface area contributed by atoms with E-state index in [0.29, 0.717) is 42.5 Å². The van der Waals surface area contributed by atoms with Crippen LogP contribution in [-0.4, -0.2) is 59.4 Å². The van der Waals surface area contributed by atoms with E-state index >= 15 is 0 Å². The van der Waals surface area contributed by atoms with Gasteiger partial charge in [-0.15, -0.1) is 0 Å². The van der Waals surface area contributed by atoms with Crippen LogP contribution in [0.3, 0.4) is 0 Å². The fraction of sp³-hybridized carbons (Fsp3) is 0.278. The van der Waals surface area contributed by atoms with Crippen molar-refractivity contribution in [1.82, 2.24) is 14.8 Å². The van der Waals surface area contributed by atoms with E-state index in [2.05, 4.69) is 4.98 Å². The smallest absolute Gasteiger partial charge is 0.260 e. The predicted octanol–water partition coefficient (Wildman–Crippen LogP) is 2.10.